The van der Waals surface area contributed by atoms with Crippen molar-refractivity contribution in [1.29, 1.82) is 0 Å². The van der Waals surface area contributed by atoms with Crippen LogP contribution in [0.15, 0.2) is 24.3 Å². The van der Waals surface area contributed by atoms with E-state index in [4.69, 9.17) is 19.7 Å². The zero-order valence-electron chi connectivity index (χ0n) is 12.1. The van der Waals surface area contributed by atoms with Crippen molar-refractivity contribution >= 4 is 11.9 Å². The Bertz CT molecular complexity index is 544. The van der Waals surface area contributed by atoms with E-state index in [-0.39, 0.29) is 11.8 Å². The lowest BCUT2D eigenvalue weighted by Gasteiger charge is -2.15. The van der Waals surface area contributed by atoms with Gasteiger partial charge in [-0.1, -0.05) is 12.1 Å². The normalized spacial score (nSPS) is 20.3. The van der Waals surface area contributed by atoms with Gasteiger partial charge < -0.3 is 20.3 Å². The molecule has 0 amide bonds. The van der Waals surface area contributed by atoms with Crippen molar-refractivity contribution in [3.63, 3.8) is 0 Å². The van der Waals surface area contributed by atoms with Crippen LogP contribution in [-0.4, -0.2) is 48.5 Å². The number of ether oxygens (including phenoxy) is 1. The van der Waals surface area contributed by atoms with Crippen LogP contribution in [0.5, 0.6) is 5.75 Å². The molecule has 1 aromatic carbocycles. The first-order valence-corrected chi connectivity index (χ1v) is 6.54. The van der Waals surface area contributed by atoms with Gasteiger partial charge in [-0.2, -0.15) is 13.2 Å². The van der Waals surface area contributed by atoms with Crippen molar-refractivity contribution < 1.29 is 37.7 Å². The lowest BCUT2D eigenvalue weighted by molar-refractivity contribution is -0.192. The number of carboxylic acid groups (broad SMARTS) is 2. The number of hydrogen-bond donors (Lipinski definition) is 3. The molecule has 0 aromatic heterocycles. The second kappa shape index (κ2) is 7.82. The lowest BCUT2D eigenvalue weighted by Crippen LogP contribution is -2.21. The molecule has 3 N–H and O–H groups in total. The van der Waals surface area contributed by atoms with Crippen molar-refractivity contribution in [3.8, 4) is 5.75 Å². The Morgan fingerprint density at radius 2 is 1.70 bits per heavy atom. The summed E-state index contributed by atoms with van der Waals surface area (Å²) >= 11 is 0. The molecule has 0 radical (unpaired) electrons. The van der Waals surface area contributed by atoms with Gasteiger partial charge in [-0.3, -0.25) is 4.79 Å². The molecular weight excluding hydrogens is 319 g/mol. The van der Waals surface area contributed by atoms with Crippen molar-refractivity contribution in [3.05, 3.63) is 29.8 Å². The molecule has 1 aromatic rings. The molecule has 0 aliphatic carbocycles. The molecule has 2 atom stereocenters. The topological polar surface area (TPSA) is 95.9 Å². The van der Waals surface area contributed by atoms with Gasteiger partial charge in [-0.05, 0) is 17.7 Å². The Hall–Kier alpha value is -2.29. The molecule has 2 rings (SSSR count). The Morgan fingerprint density at radius 3 is 2.09 bits per heavy atom. The second-order valence-corrected chi connectivity index (χ2v) is 4.79. The molecular formula is C14H16F3NO5. The SMILES string of the molecule is COc1ccc([C@H]2CNC[C@@H]2C(=O)O)cc1.O=C(O)C(F)(F)F. The number of halogens is 3. The number of nitrogens with one attached hydrogen (secondary N) is 1. The van der Waals surface area contributed by atoms with Gasteiger partial charge in [0.15, 0.2) is 0 Å². The maximum absolute atomic E-state index is 11.0. The highest BCUT2D eigenvalue weighted by Gasteiger charge is 2.38. The van der Waals surface area contributed by atoms with Gasteiger partial charge in [-0.15, -0.1) is 0 Å². The molecule has 1 aliphatic rings. The van der Waals surface area contributed by atoms with Crippen LogP contribution in [0.4, 0.5) is 13.2 Å². The minimum absolute atomic E-state index is 0.0587. The quantitative estimate of drug-likeness (QED) is 0.778. The highest BCUT2D eigenvalue weighted by molar-refractivity contribution is 5.73. The van der Waals surface area contributed by atoms with E-state index in [2.05, 4.69) is 5.32 Å². The number of rotatable bonds is 3. The standard InChI is InChI=1S/C12H15NO3.C2HF3O2/c1-16-9-4-2-8(3-5-9)10-6-13-7-11(10)12(14)15;3-2(4,5)1(6)7/h2-5,10-11,13H,6-7H2,1H3,(H,14,15);(H,6,7)/t10-,11+;/m1./s1. The Balaban J connectivity index is 0.000000322. The van der Waals surface area contributed by atoms with Gasteiger partial charge >= 0.3 is 18.1 Å². The molecule has 23 heavy (non-hydrogen) atoms. The Morgan fingerprint density at radius 1 is 1.17 bits per heavy atom. The summed E-state index contributed by atoms with van der Waals surface area (Å²) in [5.74, 6) is -2.96. The van der Waals surface area contributed by atoms with E-state index in [1.165, 1.54) is 0 Å². The molecule has 0 unspecified atom stereocenters. The van der Waals surface area contributed by atoms with E-state index < -0.39 is 18.1 Å². The molecule has 1 saturated heterocycles. The minimum Gasteiger partial charge on any atom is -0.497 e. The van der Waals surface area contributed by atoms with Crippen LogP contribution >= 0.6 is 0 Å². The maximum Gasteiger partial charge on any atom is 0.490 e. The van der Waals surface area contributed by atoms with E-state index in [1.807, 2.05) is 24.3 Å². The smallest absolute Gasteiger partial charge is 0.490 e. The first-order valence-electron chi connectivity index (χ1n) is 6.54. The minimum atomic E-state index is -5.08. The first-order chi connectivity index (χ1) is 10.7. The molecule has 0 saturated carbocycles. The number of aliphatic carboxylic acids is 2. The van der Waals surface area contributed by atoms with E-state index in [1.54, 1.807) is 7.11 Å². The van der Waals surface area contributed by atoms with E-state index in [0.717, 1.165) is 17.9 Å². The third-order valence-electron chi connectivity index (χ3n) is 3.32. The first kappa shape index (κ1) is 18.8. The zero-order chi connectivity index (χ0) is 17.6. The molecule has 0 bridgehead atoms. The molecule has 1 heterocycles. The van der Waals surface area contributed by atoms with Crippen LogP contribution in [-0.2, 0) is 9.59 Å². The summed E-state index contributed by atoms with van der Waals surface area (Å²) in [4.78, 5) is 19.9. The van der Waals surface area contributed by atoms with Crippen LogP contribution in [0.2, 0.25) is 0 Å². The fraction of sp³-hybridized carbons (Fsp3) is 0.429. The molecule has 9 heteroatoms. The van der Waals surface area contributed by atoms with Crippen molar-refractivity contribution in [2.45, 2.75) is 12.1 Å². The molecule has 128 valence electrons. The van der Waals surface area contributed by atoms with Gasteiger partial charge in [0.2, 0.25) is 0 Å². The second-order valence-electron chi connectivity index (χ2n) is 4.79. The van der Waals surface area contributed by atoms with Gasteiger partial charge in [0, 0.05) is 19.0 Å². The fourth-order valence-electron chi connectivity index (χ4n) is 2.14. The highest BCUT2D eigenvalue weighted by atomic mass is 19.4. The van der Waals surface area contributed by atoms with Crippen LogP contribution in [0.1, 0.15) is 11.5 Å². The average molecular weight is 335 g/mol. The summed E-state index contributed by atoms with van der Waals surface area (Å²) in [6.45, 7) is 1.27. The summed E-state index contributed by atoms with van der Waals surface area (Å²) in [6, 6.07) is 7.61. The maximum atomic E-state index is 11.0. The number of carboxylic acids is 2. The van der Waals surface area contributed by atoms with Gasteiger partial charge in [0.25, 0.3) is 0 Å². The third-order valence-corrected chi connectivity index (χ3v) is 3.32. The van der Waals surface area contributed by atoms with Crippen LogP contribution in [0.3, 0.4) is 0 Å². The van der Waals surface area contributed by atoms with E-state index in [0.29, 0.717) is 6.54 Å². The van der Waals surface area contributed by atoms with Crippen LogP contribution in [0.25, 0.3) is 0 Å². The Kier molecular flexibility index (Phi) is 6.38. The van der Waals surface area contributed by atoms with E-state index >= 15 is 0 Å². The monoisotopic (exact) mass is 335 g/mol. The van der Waals surface area contributed by atoms with Crippen molar-refractivity contribution in [2.24, 2.45) is 5.92 Å². The average Bonchev–Trinajstić information content (AvgIpc) is 2.96. The van der Waals surface area contributed by atoms with Crippen LogP contribution < -0.4 is 10.1 Å². The van der Waals surface area contributed by atoms with Crippen LogP contribution in [0, 0.1) is 5.92 Å². The lowest BCUT2D eigenvalue weighted by atomic mass is 9.89. The predicted octanol–water partition coefficient (Wildman–Crippen LogP) is 1.72. The number of carbonyl (C=O) groups is 2. The predicted molar refractivity (Wildman–Crippen MR) is 73.4 cm³/mol. The highest BCUT2D eigenvalue weighted by Crippen LogP contribution is 2.29. The third kappa shape index (κ3) is 5.44. The van der Waals surface area contributed by atoms with Gasteiger partial charge in [-0.25, -0.2) is 4.79 Å². The summed E-state index contributed by atoms with van der Waals surface area (Å²) < 4.78 is 36.8. The van der Waals surface area contributed by atoms with E-state index in [9.17, 15) is 18.0 Å². The molecule has 6 nitrogen and oxygen atoms in total. The molecule has 0 spiro atoms. The number of benzene rings is 1. The molecule has 1 fully saturated rings. The summed E-state index contributed by atoms with van der Waals surface area (Å²) in [7, 11) is 1.62. The number of hydrogen-bond acceptors (Lipinski definition) is 4. The number of methoxy groups -OCH3 is 1. The Labute approximate surface area is 129 Å². The van der Waals surface area contributed by atoms with Gasteiger partial charge in [0.1, 0.15) is 5.75 Å². The summed E-state index contributed by atoms with van der Waals surface area (Å²) in [5.41, 5.74) is 1.05. The van der Waals surface area contributed by atoms with Crippen molar-refractivity contribution in [1.82, 2.24) is 5.32 Å². The van der Waals surface area contributed by atoms with Crippen molar-refractivity contribution in [2.75, 3.05) is 20.2 Å². The fourth-order valence-corrected chi connectivity index (χ4v) is 2.14. The largest absolute Gasteiger partial charge is 0.497 e. The van der Waals surface area contributed by atoms with Gasteiger partial charge in [0.05, 0.1) is 13.0 Å². The summed E-state index contributed by atoms with van der Waals surface area (Å²) in [5, 5.41) is 19.3. The number of alkyl halides is 3. The zero-order valence-corrected chi connectivity index (χ0v) is 12.1. The summed E-state index contributed by atoms with van der Waals surface area (Å²) in [6.07, 6.45) is -5.08. The molecule has 1 aliphatic heterocycles.